The molecule has 0 bridgehead atoms. The number of nitrogens with zero attached hydrogens (tertiary/aromatic N) is 1. The Labute approximate surface area is 153 Å². The number of unbranched alkanes of at least 4 members (excludes halogenated alkanes) is 1. The lowest BCUT2D eigenvalue weighted by molar-refractivity contribution is 0.102. The SMILES string of the molecule is CCCCOc1ccc(NC(=O)c2ccc(-c3cnco3)cc2)c(C)c1. The molecule has 3 rings (SSSR count). The van der Waals surface area contributed by atoms with Gasteiger partial charge in [0.25, 0.3) is 5.91 Å². The molecule has 0 fully saturated rings. The molecule has 1 aromatic heterocycles. The maximum absolute atomic E-state index is 12.5. The van der Waals surface area contributed by atoms with Crippen molar-refractivity contribution in [3.8, 4) is 17.1 Å². The van der Waals surface area contributed by atoms with E-state index in [2.05, 4.69) is 17.2 Å². The highest BCUT2D eigenvalue weighted by molar-refractivity contribution is 6.04. The molecule has 0 unspecified atom stereocenters. The Hall–Kier alpha value is -3.08. The molecule has 0 radical (unpaired) electrons. The van der Waals surface area contributed by atoms with Crippen LogP contribution in [0, 0.1) is 6.92 Å². The van der Waals surface area contributed by atoms with Gasteiger partial charge in [0, 0.05) is 16.8 Å². The molecule has 134 valence electrons. The third-order valence-corrected chi connectivity index (χ3v) is 4.08. The Morgan fingerprint density at radius 2 is 2.00 bits per heavy atom. The molecule has 0 aliphatic heterocycles. The van der Waals surface area contributed by atoms with Gasteiger partial charge in [-0.3, -0.25) is 4.79 Å². The second kappa shape index (κ2) is 8.34. The van der Waals surface area contributed by atoms with Gasteiger partial charge in [-0.2, -0.15) is 0 Å². The molecule has 5 nitrogen and oxygen atoms in total. The Morgan fingerprint density at radius 3 is 2.65 bits per heavy atom. The molecular weight excluding hydrogens is 328 g/mol. The standard InChI is InChI=1S/C21H22N2O3/c1-3-4-11-25-18-9-10-19(15(2)12-18)23-21(24)17-7-5-16(6-8-17)20-13-22-14-26-20/h5-10,12-14H,3-4,11H2,1-2H3,(H,23,24). The lowest BCUT2D eigenvalue weighted by atomic mass is 10.1. The zero-order chi connectivity index (χ0) is 18.4. The van der Waals surface area contributed by atoms with Crippen molar-refractivity contribution in [2.45, 2.75) is 26.7 Å². The molecule has 1 amide bonds. The topological polar surface area (TPSA) is 64.4 Å². The summed E-state index contributed by atoms with van der Waals surface area (Å²) in [5.74, 6) is 1.34. The Morgan fingerprint density at radius 1 is 1.19 bits per heavy atom. The smallest absolute Gasteiger partial charge is 0.255 e. The van der Waals surface area contributed by atoms with Crippen LogP contribution in [0.5, 0.6) is 5.75 Å². The highest BCUT2D eigenvalue weighted by Gasteiger charge is 2.10. The summed E-state index contributed by atoms with van der Waals surface area (Å²) in [4.78, 5) is 16.4. The zero-order valence-electron chi connectivity index (χ0n) is 15.0. The summed E-state index contributed by atoms with van der Waals surface area (Å²) in [6, 6.07) is 12.9. The van der Waals surface area contributed by atoms with E-state index in [0.717, 1.165) is 35.4 Å². The van der Waals surface area contributed by atoms with Gasteiger partial charge in [-0.1, -0.05) is 25.5 Å². The minimum absolute atomic E-state index is 0.156. The number of oxazole rings is 1. The number of nitrogens with one attached hydrogen (secondary N) is 1. The van der Waals surface area contributed by atoms with Gasteiger partial charge in [-0.05, 0) is 49.2 Å². The van der Waals surface area contributed by atoms with Crippen molar-refractivity contribution in [1.29, 1.82) is 0 Å². The third kappa shape index (κ3) is 4.30. The van der Waals surface area contributed by atoms with Crippen molar-refractivity contribution in [1.82, 2.24) is 4.98 Å². The van der Waals surface area contributed by atoms with Gasteiger partial charge in [0.1, 0.15) is 5.75 Å². The Balaban J connectivity index is 1.65. The number of hydrogen-bond donors (Lipinski definition) is 1. The van der Waals surface area contributed by atoms with E-state index < -0.39 is 0 Å². The number of benzene rings is 2. The van der Waals surface area contributed by atoms with Crippen LogP contribution in [-0.4, -0.2) is 17.5 Å². The van der Waals surface area contributed by atoms with E-state index in [0.29, 0.717) is 17.9 Å². The van der Waals surface area contributed by atoms with Gasteiger partial charge in [0.2, 0.25) is 0 Å². The van der Waals surface area contributed by atoms with Crippen molar-refractivity contribution in [3.63, 3.8) is 0 Å². The summed E-state index contributed by atoms with van der Waals surface area (Å²) in [6.45, 7) is 4.79. The highest BCUT2D eigenvalue weighted by atomic mass is 16.5. The van der Waals surface area contributed by atoms with Gasteiger partial charge >= 0.3 is 0 Å². The first-order valence-corrected chi connectivity index (χ1v) is 8.71. The number of amides is 1. The van der Waals surface area contributed by atoms with Crippen LogP contribution in [0.2, 0.25) is 0 Å². The van der Waals surface area contributed by atoms with Gasteiger partial charge in [0.05, 0.1) is 12.8 Å². The molecular formula is C21H22N2O3. The summed E-state index contributed by atoms with van der Waals surface area (Å²) in [6.07, 6.45) is 5.15. The molecule has 0 saturated carbocycles. The fraction of sp³-hybridized carbons (Fsp3) is 0.238. The van der Waals surface area contributed by atoms with Crippen LogP contribution in [-0.2, 0) is 0 Å². The van der Waals surface area contributed by atoms with E-state index >= 15 is 0 Å². The average molecular weight is 350 g/mol. The van der Waals surface area contributed by atoms with Crippen LogP contribution in [0.3, 0.4) is 0 Å². The third-order valence-electron chi connectivity index (χ3n) is 4.08. The normalized spacial score (nSPS) is 10.5. The second-order valence-corrected chi connectivity index (χ2v) is 6.08. The Kier molecular flexibility index (Phi) is 5.69. The van der Waals surface area contributed by atoms with Crippen molar-refractivity contribution in [3.05, 3.63) is 66.2 Å². The van der Waals surface area contributed by atoms with E-state index in [9.17, 15) is 4.79 Å². The van der Waals surface area contributed by atoms with Gasteiger partial charge < -0.3 is 14.5 Å². The van der Waals surface area contributed by atoms with E-state index in [-0.39, 0.29) is 5.91 Å². The number of hydrogen-bond acceptors (Lipinski definition) is 4. The highest BCUT2D eigenvalue weighted by Crippen LogP contribution is 2.23. The maximum atomic E-state index is 12.5. The lowest BCUT2D eigenvalue weighted by Gasteiger charge is -2.11. The van der Waals surface area contributed by atoms with Crippen molar-refractivity contribution in [2.24, 2.45) is 0 Å². The number of aryl methyl sites for hydroxylation is 1. The molecule has 1 N–H and O–H groups in total. The molecule has 0 aliphatic rings. The molecule has 1 heterocycles. The number of carbonyl (C=O) groups excluding carboxylic acids is 1. The first kappa shape index (κ1) is 17.7. The number of carbonyl (C=O) groups is 1. The molecule has 0 aliphatic carbocycles. The quantitative estimate of drug-likeness (QED) is 0.603. The monoisotopic (exact) mass is 350 g/mol. The van der Waals surface area contributed by atoms with Gasteiger partial charge in [-0.25, -0.2) is 4.98 Å². The lowest BCUT2D eigenvalue weighted by Crippen LogP contribution is -2.12. The van der Waals surface area contributed by atoms with Crippen LogP contribution >= 0.6 is 0 Å². The first-order valence-electron chi connectivity index (χ1n) is 8.71. The summed E-state index contributed by atoms with van der Waals surface area (Å²) in [5, 5.41) is 2.94. The number of ether oxygens (including phenoxy) is 1. The number of aromatic nitrogens is 1. The molecule has 0 saturated heterocycles. The fourth-order valence-corrected chi connectivity index (χ4v) is 2.54. The fourth-order valence-electron chi connectivity index (χ4n) is 2.54. The molecule has 5 heteroatoms. The van der Waals surface area contributed by atoms with Gasteiger partial charge in [-0.15, -0.1) is 0 Å². The van der Waals surface area contributed by atoms with Crippen molar-refractivity contribution < 1.29 is 13.9 Å². The summed E-state index contributed by atoms with van der Waals surface area (Å²) in [5.41, 5.74) is 3.20. The van der Waals surface area contributed by atoms with Crippen LogP contribution in [0.15, 0.2) is 59.5 Å². The summed E-state index contributed by atoms with van der Waals surface area (Å²) < 4.78 is 10.9. The number of anilines is 1. The van der Waals surface area contributed by atoms with Crippen LogP contribution < -0.4 is 10.1 Å². The van der Waals surface area contributed by atoms with E-state index in [1.165, 1.54) is 6.39 Å². The molecule has 0 spiro atoms. The van der Waals surface area contributed by atoms with Crippen molar-refractivity contribution >= 4 is 11.6 Å². The Bertz CT molecular complexity index is 855. The average Bonchev–Trinajstić information content (AvgIpc) is 3.19. The molecule has 0 atom stereocenters. The predicted octanol–water partition coefficient (Wildman–Crippen LogP) is 5.08. The number of rotatable bonds is 7. The molecule has 3 aromatic rings. The minimum Gasteiger partial charge on any atom is -0.494 e. The first-order chi connectivity index (χ1) is 12.7. The largest absolute Gasteiger partial charge is 0.494 e. The zero-order valence-corrected chi connectivity index (χ0v) is 15.0. The predicted molar refractivity (Wildman–Crippen MR) is 101 cm³/mol. The van der Waals surface area contributed by atoms with Crippen LogP contribution in [0.25, 0.3) is 11.3 Å². The maximum Gasteiger partial charge on any atom is 0.255 e. The van der Waals surface area contributed by atoms with E-state index in [1.807, 2.05) is 37.3 Å². The summed E-state index contributed by atoms with van der Waals surface area (Å²) >= 11 is 0. The molecule has 2 aromatic carbocycles. The van der Waals surface area contributed by atoms with Crippen molar-refractivity contribution in [2.75, 3.05) is 11.9 Å². The van der Waals surface area contributed by atoms with Crippen LogP contribution in [0.1, 0.15) is 35.7 Å². The van der Waals surface area contributed by atoms with Crippen LogP contribution in [0.4, 0.5) is 5.69 Å². The second-order valence-electron chi connectivity index (χ2n) is 6.08. The minimum atomic E-state index is -0.156. The summed E-state index contributed by atoms with van der Waals surface area (Å²) in [7, 11) is 0. The van der Waals surface area contributed by atoms with E-state index in [4.69, 9.17) is 9.15 Å². The molecule has 26 heavy (non-hydrogen) atoms. The van der Waals surface area contributed by atoms with E-state index in [1.54, 1.807) is 18.3 Å². The van der Waals surface area contributed by atoms with Gasteiger partial charge in [0.15, 0.2) is 12.2 Å².